The molecular formula is C45H32N4Pt. The Balaban J connectivity index is 0.00000361. The first kappa shape index (κ1) is 31.9. The average molecular weight is 824 g/mol. The van der Waals surface area contributed by atoms with Crippen LogP contribution < -0.4 is 0 Å². The fourth-order valence-corrected chi connectivity index (χ4v) is 7.54. The van der Waals surface area contributed by atoms with Crippen LogP contribution in [-0.2, 0) is 31.9 Å². The predicted molar refractivity (Wildman–Crippen MR) is 197 cm³/mol. The molecule has 4 heterocycles. The maximum atomic E-state index is 4.92. The van der Waals surface area contributed by atoms with Gasteiger partial charge in [0.25, 0.3) is 0 Å². The van der Waals surface area contributed by atoms with Gasteiger partial charge in [-0.15, -0.1) is 35.4 Å². The van der Waals surface area contributed by atoms with E-state index in [1.807, 2.05) is 55.1 Å². The van der Waals surface area contributed by atoms with E-state index in [0.717, 1.165) is 55.4 Å². The average Bonchev–Trinajstić information content (AvgIpc) is 3.45. The van der Waals surface area contributed by atoms with E-state index < -0.39 is 5.41 Å². The first-order valence-corrected chi connectivity index (χ1v) is 16.6. The Kier molecular flexibility index (Phi) is 7.81. The van der Waals surface area contributed by atoms with Crippen LogP contribution in [0.4, 0.5) is 0 Å². The van der Waals surface area contributed by atoms with Crippen molar-refractivity contribution < 1.29 is 21.1 Å². The Labute approximate surface area is 306 Å². The van der Waals surface area contributed by atoms with Gasteiger partial charge in [-0.25, -0.2) is 0 Å². The second kappa shape index (κ2) is 12.2. The fraction of sp³-hybridized carbons (Fsp3) is 0.111. The van der Waals surface area contributed by atoms with Gasteiger partial charge >= 0.3 is 21.1 Å². The third kappa shape index (κ3) is 4.93. The minimum atomic E-state index is -0.763. The van der Waals surface area contributed by atoms with Crippen molar-refractivity contribution in [3.05, 3.63) is 180 Å². The normalized spacial score (nSPS) is 13.1. The van der Waals surface area contributed by atoms with Crippen LogP contribution in [0.5, 0.6) is 0 Å². The first-order chi connectivity index (χ1) is 23.9. The van der Waals surface area contributed by atoms with Gasteiger partial charge in [-0.05, 0) is 79.9 Å². The zero-order valence-electron chi connectivity index (χ0n) is 27.9. The van der Waals surface area contributed by atoms with Gasteiger partial charge in [0.2, 0.25) is 0 Å². The van der Waals surface area contributed by atoms with Crippen molar-refractivity contribution >= 4 is 21.8 Å². The van der Waals surface area contributed by atoms with Gasteiger partial charge in [0.15, 0.2) is 0 Å². The zero-order valence-corrected chi connectivity index (χ0v) is 30.2. The molecule has 0 N–H and O–H groups in total. The van der Waals surface area contributed by atoms with Crippen LogP contribution in [0.15, 0.2) is 140 Å². The van der Waals surface area contributed by atoms with E-state index in [0.29, 0.717) is 0 Å². The van der Waals surface area contributed by atoms with Crippen LogP contribution in [0.25, 0.3) is 55.4 Å². The standard InChI is InChI=1S/C45H32N4.Pt/c1-44(2,3)31-19-23-47-41(28-31)37-27-33(25-30-13-11-22-49-43(30)37)45(38-16-6-4-14-34(38)35-15-5-7-17-39(35)45)32-24-29-12-10-21-48-42(29)36(26-32)40-18-8-9-20-46-40;/h4-25,28H,1-3H3;/q-2;+2. The van der Waals surface area contributed by atoms with E-state index in [1.54, 1.807) is 0 Å². The summed E-state index contributed by atoms with van der Waals surface area (Å²) in [5.41, 5.74) is 12.4. The van der Waals surface area contributed by atoms with Gasteiger partial charge in [0, 0.05) is 30.2 Å². The van der Waals surface area contributed by atoms with Gasteiger partial charge in [-0.2, -0.15) is 0 Å². The molecule has 0 bridgehead atoms. The summed E-state index contributed by atoms with van der Waals surface area (Å²) in [7, 11) is 0. The van der Waals surface area contributed by atoms with Crippen LogP contribution in [-0.4, -0.2) is 19.9 Å². The number of nitrogens with zero attached hydrogens (tertiary/aromatic N) is 4. The number of rotatable bonds is 4. The topological polar surface area (TPSA) is 51.6 Å². The molecule has 0 atom stereocenters. The Morgan fingerprint density at radius 2 is 1.02 bits per heavy atom. The third-order valence-electron chi connectivity index (χ3n) is 9.83. The Hall–Kier alpha value is -5.31. The molecule has 0 saturated carbocycles. The van der Waals surface area contributed by atoms with E-state index in [1.165, 1.54) is 27.8 Å². The van der Waals surface area contributed by atoms with Crippen molar-refractivity contribution in [1.29, 1.82) is 0 Å². The summed E-state index contributed by atoms with van der Waals surface area (Å²) in [5, 5.41) is 2.06. The molecule has 0 fully saturated rings. The number of pyridine rings is 4. The molecule has 0 radical (unpaired) electrons. The van der Waals surface area contributed by atoms with Crippen molar-refractivity contribution in [2.75, 3.05) is 0 Å². The maximum absolute atomic E-state index is 4.92. The van der Waals surface area contributed by atoms with Gasteiger partial charge in [-0.3, -0.25) is 0 Å². The van der Waals surface area contributed by atoms with Crippen LogP contribution in [0.3, 0.4) is 0 Å². The molecular weight excluding hydrogens is 792 g/mol. The van der Waals surface area contributed by atoms with Crippen LogP contribution in [0.2, 0.25) is 0 Å². The Morgan fingerprint density at radius 3 is 1.58 bits per heavy atom. The molecule has 1 aliphatic carbocycles. The molecule has 0 unspecified atom stereocenters. The number of hydrogen-bond donors (Lipinski definition) is 0. The molecule has 0 aliphatic heterocycles. The van der Waals surface area contributed by atoms with E-state index >= 15 is 0 Å². The molecule has 5 heteroatoms. The summed E-state index contributed by atoms with van der Waals surface area (Å²) >= 11 is 0. The summed E-state index contributed by atoms with van der Waals surface area (Å²) in [4.78, 5) is 19.4. The van der Waals surface area contributed by atoms with Crippen molar-refractivity contribution in [3.63, 3.8) is 0 Å². The molecule has 0 amide bonds. The van der Waals surface area contributed by atoms with Crippen LogP contribution >= 0.6 is 0 Å². The van der Waals surface area contributed by atoms with Gasteiger partial charge in [-0.1, -0.05) is 122 Å². The summed E-state index contributed by atoms with van der Waals surface area (Å²) in [6, 6.07) is 48.5. The SMILES string of the molecule is CC(C)(C)c1ccnc(-c2[c-]c(C3(c4[c-]c(-c5ccccn5)c5ncccc5c4)c4ccccc4-c4ccccc43)cc3cccnc23)c1.[Pt+2]. The number of hydrogen-bond acceptors (Lipinski definition) is 4. The van der Waals surface area contributed by atoms with Crippen LogP contribution in [0, 0.1) is 12.1 Å². The summed E-state index contributed by atoms with van der Waals surface area (Å²) in [5.74, 6) is 0. The monoisotopic (exact) mass is 823 g/mol. The number of benzene rings is 4. The number of fused-ring (bicyclic) bond motifs is 5. The van der Waals surface area contributed by atoms with E-state index in [-0.39, 0.29) is 26.5 Å². The van der Waals surface area contributed by atoms with Crippen molar-refractivity contribution in [2.45, 2.75) is 31.6 Å². The van der Waals surface area contributed by atoms with Crippen molar-refractivity contribution in [2.24, 2.45) is 0 Å². The van der Waals surface area contributed by atoms with Crippen LogP contribution in [0.1, 0.15) is 48.6 Å². The van der Waals surface area contributed by atoms with E-state index in [2.05, 4.69) is 118 Å². The molecule has 50 heavy (non-hydrogen) atoms. The molecule has 0 spiro atoms. The van der Waals surface area contributed by atoms with Gasteiger partial charge in [0.05, 0.1) is 0 Å². The van der Waals surface area contributed by atoms with Crippen molar-refractivity contribution in [1.82, 2.24) is 19.9 Å². The molecule has 242 valence electrons. The molecule has 4 nitrogen and oxygen atoms in total. The summed E-state index contributed by atoms with van der Waals surface area (Å²) in [6.45, 7) is 6.69. The molecule has 4 aromatic carbocycles. The largest absolute Gasteiger partial charge is 2.00 e. The Morgan fingerprint density at radius 1 is 0.500 bits per heavy atom. The van der Waals surface area contributed by atoms with Gasteiger partial charge in [0.1, 0.15) is 0 Å². The zero-order chi connectivity index (χ0) is 33.2. The summed E-state index contributed by atoms with van der Waals surface area (Å²) in [6.07, 6.45) is 7.43. The second-order valence-electron chi connectivity index (χ2n) is 13.7. The van der Waals surface area contributed by atoms with Crippen molar-refractivity contribution in [3.8, 4) is 33.6 Å². The quantitative estimate of drug-likeness (QED) is 0.166. The maximum Gasteiger partial charge on any atom is 2.00 e. The van der Waals surface area contributed by atoms with E-state index in [4.69, 9.17) is 19.9 Å². The third-order valence-corrected chi connectivity index (χ3v) is 9.83. The number of aromatic nitrogens is 4. The smallest absolute Gasteiger partial charge is 0.305 e. The fourth-order valence-electron chi connectivity index (χ4n) is 7.54. The van der Waals surface area contributed by atoms with Gasteiger partial charge < -0.3 is 19.9 Å². The minimum absolute atomic E-state index is 0. The van der Waals surface area contributed by atoms with E-state index in [9.17, 15) is 0 Å². The molecule has 0 saturated heterocycles. The molecule has 1 aliphatic rings. The molecule has 9 rings (SSSR count). The first-order valence-electron chi connectivity index (χ1n) is 16.6. The summed E-state index contributed by atoms with van der Waals surface area (Å²) < 4.78 is 0. The molecule has 8 aromatic rings. The Bertz CT molecular complexity index is 2510. The minimum Gasteiger partial charge on any atom is -0.305 e. The predicted octanol–water partition coefficient (Wildman–Crippen LogP) is 10.2. The second-order valence-corrected chi connectivity index (χ2v) is 13.7. The molecule has 4 aromatic heterocycles.